The lowest BCUT2D eigenvalue weighted by Gasteiger charge is -2.03. The third kappa shape index (κ3) is 4.59. The molecular formula is C13H13ClN4OS2. The summed E-state index contributed by atoms with van der Waals surface area (Å²) in [5.74, 6) is 0.231. The lowest BCUT2D eigenvalue weighted by atomic mass is 10.3. The van der Waals surface area contributed by atoms with Crippen LogP contribution in [0.4, 0.5) is 10.8 Å². The van der Waals surface area contributed by atoms with E-state index in [0.29, 0.717) is 16.8 Å². The van der Waals surface area contributed by atoms with Crippen LogP contribution in [0, 0.1) is 0 Å². The first kappa shape index (κ1) is 14.6. The molecule has 0 saturated heterocycles. The van der Waals surface area contributed by atoms with E-state index in [1.807, 2.05) is 0 Å². The van der Waals surface area contributed by atoms with Crippen LogP contribution in [0.25, 0.3) is 0 Å². The average molecular weight is 341 g/mol. The summed E-state index contributed by atoms with van der Waals surface area (Å²) >= 11 is 8.67. The molecule has 5 nitrogen and oxygen atoms in total. The van der Waals surface area contributed by atoms with Crippen molar-refractivity contribution in [3.8, 4) is 0 Å². The molecule has 0 bridgehead atoms. The number of rotatable bonds is 6. The summed E-state index contributed by atoms with van der Waals surface area (Å²) in [5.41, 5.74) is 0.735. The summed E-state index contributed by atoms with van der Waals surface area (Å²) < 4.78 is 0.796. The van der Waals surface area contributed by atoms with Crippen molar-refractivity contribution < 1.29 is 4.79 Å². The standard InChI is InChI=1S/C13H13ClN4OS2/c14-8-1-3-9(4-2-8)15-11(19)7-20-13-18-17-12(21-13)16-10-5-6-10/h1-4,10H,5-7H2,(H,15,19)(H,16,17). The minimum absolute atomic E-state index is 0.0748. The van der Waals surface area contributed by atoms with Crippen LogP contribution in [0.1, 0.15) is 12.8 Å². The molecule has 1 heterocycles. The van der Waals surface area contributed by atoms with Crippen LogP contribution in [0.15, 0.2) is 28.6 Å². The van der Waals surface area contributed by atoms with Gasteiger partial charge in [0.05, 0.1) is 5.75 Å². The fourth-order valence-corrected chi connectivity index (χ4v) is 3.34. The summed E-state index contributed by atoms with van der Waals surface area (Å²) in [4.78, 5) is 11.8. The summed E-state index contributed by atoms with van der Waals surface area (Å²) in [6.45, 7) is 0. The highest BCUT2D eigenvalue weighted by Crippen LogP contribution is 2.30. The molecule has 0 spiro atoms. The van der Waals surface area contributed by atoms with Crippen LogP contribution >= 0.6 is 34.7 Å². The Morgan fingerprint density at radius 3 is 2.81 bits per heavy atom. The number of carbonyl (C=O) groups excluding carboxylic acids is 1. The molecule has 2 N–H and O–H groups in total. The van der Waals surface area contributed by atoms with Gasteiger partial charge < -0.3 is 10.6 Å². The van der Waals surface area contributed by atoms with Crippen molar-refractivity contribution in [2.75, 3.05) is 16.4 Å². The van der Waals surface area contributed by atoms with Crippen LogP contribution in [0.3, 0.4) is 0 Å². The predicted octanol–water partition coefficient (Wildman–Crippen LogP) is 3.50. The number of carbonyl (C=O) groups is 1. The van der Waals surface area contributed by atoms with Crippen LogP contribution in [-0.4, -0.2) is 27.9 Å². The molecule has 0 radical (unpaired) electrons. The minimum Gasteiger partial charge on any atom is -0.357 e. The number of aromatic nitrogens is 2. The molecule has 21 heavy (non-hydrogen) atoms. The first-order valence-corrected chi connectivity index (χ1v) is 8.65. The van der Waals surface area contributed by atoms with Gasteiger partial charge in [-0.3, -0.25) is 4.79 Å². The highest BCUT2D eigenvalue weighted by Gasteiger charge is 2.22. The second-order valence-electron chi connectivity index (χ2n) is 4.64. The molecule has 1 amide bonds. The molecule has 1 aliphatic carbocycles. The third-order valence-electron chi connectivity index (χ3n) is 2.77. The van der Waals surface area contributed by atoms with Gasteiger partial charge in [0.2, 0.25) is 11.0 Å². The van der Waals surface area contributed by atoms with Crippen molar-refractivity contribution in [3.05, 3.63) is 29.3 Å². The third-order valence-corrected chi connectivity index (χ3v) is 5.01. The average Bonchev–Trinajstić information content (AvgIpc) is 3.16. The molecule has 8 heteroatoms. The Hall–Kier alpha value is -1.31. The van der Waals surface area contributed by atoms with Gasteiger partial charge in [-0.05, 0) is 37.1 Å². The first-order valence-electron chi connectivity index (χ1n) is 6.47. The maximum absolute atomic E-state index is 11.8. The maximum atomic E-state index is 11.8. The Kier molecular flexibility index (Phi) is 4.62. The Labute approximate surface area is 135 Å². The zero-order chi connectivity index (χ0) is 14.7. The largest absolute Gasteiger partial charge is 0.357 e. The Morgan fingerprint density at radius 2 is 2.10 bits per heavy atom. The molecule has 0 aliphatic heterocycles. The van der Waals surface area contributed by atoms with E-state index in [0.717, 1.165) is 15.2 Å². The maximum Gasteiger partial charge on any atom is 0.234 e. The highest BCUT2D eigenvalue weighted by atomic mass is 35.5. The number of hydrogen-bond acceptors (Lipinski definition) is 6. The van der Waals surface area contributed by atoms with E-state index in [9.17, 15) is 4.79 Å². The molecule has 0 atom stereocenters. The van der Waals surface area contributed by atoms with E-state index in [2.05, 4.69) is 20.8 Å². The smallest absolute Gasteiger partial charge is 0.234 e. The number of thioether (sulfide) groups is 1. The summed E-state index contributed by atoms with van der Waals surface area (Å²) in [6.07, 6.45) is 2.40. The van der Waals surface area contributed by atoms with Crippen LogP contribution in [0.5, 0.6) is 0 Å². The van der Waals surface area contributed by atoms with Crippen LogP contribution < -0.4 is 10.6 Å². The van der Waals surface area contributed by atoms with Gasteiger partial charge in [0.25, 0.3) is 0 Å². The second kappa shape index (κ2) is 6.64. The second-order valence-corrected chi connectivity index (χ2v) is 7.27. The zero-order valence-corrected chi connectivity index (χ0v) is 13.4. The van der Waals surface area contributed by atoms with Gasteiger partial charge in [-0.2, -0.15) is 0 Å². The molecular weight excluding hydrogens is 328 g/mol. The summed E-state index contributed by atoms with van der Waals surface area (Å²) in [6, 6.07) is 7.58. The van der Waals surface area contributed by atoms with Crippen molar-refractivity contribution in [2.45, 2.75) is 23.2 Å². The van der Waals surface area contributed by atoms with Crippen LogP contribution in [0.2, 0.25) is 5.02 Å². The van der Waals surface area contributed by atoms with Gasteiger partial charge in [0.15, 0.2) is 4.34 Å². The monoisotopic (exact) mass is 340 g/mol. The molecule has 1 saturated carbocycles. The number of amides is 1. The molecule has 1 aromatic heterocycles. The van der Waals surface area contributed by atoms with Gasteiger partial charge in [-0.25, -0.2) is 0 Å². The lowest BCUT2D eigenvalue weighted by molar-refractivity contribution is -0.113. The van der Waals surface area contributed by atoms with E-state index in [1.165, 1.54) is 35.9 Å². The van der Waals surface area contributed by atoms with E-state index in [1.54, 1.807) is 24.3 Å². The molecule has 1 aromatic carbocycles. The van der Waals surface area contributed by atoms with E-state index in [4.69, 9.17) is 11.6 Å². The van der Waals surface area contributed by atoms with Crippen molar-refractivity contribution >= 4 is 51.4 Å². The van der Waals surface area contributed by atoms with E-state index in [-0.39, 0.29) is 5.91 Å². The lowest BCUT2D eigenvalue weighted by Crippen LogP contribution is -2.13. The summed E-state index contributed by atoms with van der Waals surface area (Å²) in [5, 5.41) is 15.7. The SMILES string of the molecule is O=C(CSc1nnc(NC2CC2)s1)Nc1ccc(Cl)cc1. The molecule has 3 rings (SSSR count). The number of anilines is 2. The number of benzene rings is 1. The number of halogens is 1. The number of hydrogen-bond donors (Lipinski definition) is 2. The van der Waals surface area contributed by atoms with Crippen LogP contribution in [-0.2, 0) is 4.79 Å². The van der Waals surface area contributed by atoms with Crippen molar-refractivity contribution in [1.82, 2.24) is 10.2 Å². The Balaban J connectivity index is 1.46. The normalized spacial score (nSPS) is 14.0. The first-order chi connectivity index (χ1) is 10.2. The molecule has 1 fully saturated rings. The van der Waals surface area contributed by atoms with Crippen molar-refractivity contribution in [1.29, 1.82) is 0 Å². The van der Waals surface area contributed by atoms with E-state index >= 15 is 0 Å². The molecule has 2 aromatic rings. The van der Waals surface area contributed by atoms with Gasteiger partial charge in [-0.15, -0.1) is 10.2 Å². The molecule has 110 valence electrons. The molecule has 1 aliphatic rings. The van der Waals surface area contributed by atoms with Gasteiger partial charge in [0, 0.05) is 16.8 Å². The Morgan fingerprint density at radius 1 is 1.33 bits per heavy atom. The minimum atomic E-state index is -0.0748. The van der Waals surface area contributed by atoms with Gasteiger partial charge >= 0.3 is 0 Å². The fraction of sp³-hybridized carbons (Fsp3) is 0.308. The predicted molar refractivity (Wildman–Crippen MR) is 87.4 cm³/mol. The number of nitrogens with one attached hydrogen (secondary N) is 2. The van der Waals surface area contributed by atoms with Gasteiger partial charge in [0.1, 0.15) is 0 Å². The molecule has 0 unspecified atom stereocenters. The van der Waals surface area contributed by atoms with Crippen molar-refractivity contribution in [3.63, 3.8) is 0 Å². The fourth-order valence-electron chi connectivity index (χ4n) is 1.59. The quantitative estimate of drug-likeness (QED) is 0.788. The van der Waals surface area contributed by atoms with E-state index < -0.39 is 0 Å². The highest BCUT2D eigenvalue weighted by molar-refractivity contribution is 8.01. The zero-order valence-electron chi connectivity index (χ0n) is 11.0. The van der Waals surface area contributed by atoms with Crippen molar-refractivity contribution in [2.24, 2.45) is 0 Å². The summed E-state index contributed by atoms with van der Waals surface area (Å²) in [7, 11) is 0. The van der Waals surface area contributed by atoms with Gasteiger partial charge in [-0.1, -0.05) is 34.7 Å². The Bertz CT molecular complexity index is 627. The number of nitrogens with zero attached hydrogens (tertiary/aromatic N) is 2. The topological polar surface area (TPSA) is 66.9 Å².